The second kappa shape index (κ2) is 7.72. The van der Waals surface area contributed by atoms with Crippen LogP contribution >= 0.6 is 0 Å². The number of azo groups is 1. The monoisotopic (exact) mass is 378 g/mol. The van der Waals surface area contributed by atoms with Crippen LogP contribution in [0.1, 0.15) is 18.4 Å². The van der Waals surface area contributed by atoms with E-state index < -0.39 is 5.91 Å². The van der Waals surface area contributed by atoms with E-state index in [-0.39, 0.29) is 18.2 Å². The van der Waals surface area contributed by atoms with Gasteiger partial charge in [0.1, 0.15) is 5.75 Å². The molecule has 144 valence electrons. The van der Waals surface area contributed by atoms with Gasteiger partial charge in [-0.05, 0) is 55.7 Å². The van der Waals surface area contributed by atoms with Crippen LogP contribution in [0.5, 0.6) is 11.6 Å². The molecule has 1 amide bonds. The quantitative estimate of drug-likeness (QED) is 0.641. The molecule has 0 spiro atoms. The first-order chi connectivity index (χ1) is 13.6. The van der Waals surface area contributed by atoms with Gasteiger partial charge in [-0.3, -0.25) is 4.79 Å². The normalized spacial score (nSPS) is 14.2. The van der Waals surface area contributed by atoms with Gasteiger partial charge in [0.05, 0.1) is 5.52 Å². The Kier molecular flexibility index (Phi) is 4.97. The molecule has 1 aliphatic heterocycles. The Bertz CT molecular complexity index is 1040. The number of aromatic hydroxyl groups is 1. The predicted molar refractivity (Wildman–Crippen MR) is 108 cm³/mol. The third kappa shape index (κ3) is 3.83. The van der Waals surface area contributed by atoms with Gasteiger partial charge in [0.15, 0.2) is 12.3 Å². The molecule has 0 aliphatic carbocycles. The van der Waals surface area contributed by atoms with E-state index in [0.29, 0.717) is 5.75 Å². The van der Waals surface area contributed by atoms with E-state index in [9.17, 15) is 9.90 Å². The Morgan fingerprint density at radius 3 is 2.82 bits per heavy atom. The fourth-order valence-corrected chi connectivity index (χ4v) is 3.41. The maximum Gasteiger partial charge on any atom is 0.302 e. The van der Waals surface area contributed by atoms with Crippen molar-refractivity contribution in [3.63, 3.8) is 0 Å². The van der Waals surface area contributed by atoms with Crippen molar-refractivity contribution in [1.29, 1.82) is 0 Å². The average Bonchev–Trinajstić information content (AvgIpc) is 3.32. The van der Waals surface area contributed by atoms with E-state index in [0.717, 1.165) is 35.2 Å². The van der Waals surface area contributed by atoms with Crippen LogP contribution in [0.2, 0.25) is 0 Å². The standard InChI is InChI=1S/C21H22N4O3/c1-14-5-4-6-16(11-14)28-13-19(26)23-24-20-17-8-7-15(25-9-2-3-10-25)12-18(17)22-21(20)27/h4-8,11-12,22,27H,2-3,9-10,13H2,1H3. The molecule has 1 saturated heterocycles. The molecule has 1 aliphatic rings. The number of nitrogens with zero attached hydrogens (tertiary/aromatic N) is 3. The van der Waals surface area contributed by atoms with Gasteiger partial charge >= 0.3 is 5.91 Å². The third-order valence-electron chi connectivity index (χ3n) is 4.82. The highest BCUT2D eigenvalue weighted by molar-refractivity contribution is 5.96. The lowest BCUT2D eigenvalue weighted by Gasteiger charge is -2.17. The minimum Gasteiger partial charge on any atom is -0.493 e. The molecule has 4 rings (SSSR count). The molecular formula is C21H22N4O3. The highest BCUT2D eigenvalue weighted by atomic mass is 16.5. The Labute approximate surface area is 162 Å². The number of nitrogens with one attached hydrogen (secondary N) is 1. The lowest BCUT2D eigenvalue weighted by atomic mass is 10.2. The molecule has 28 heavy (non-hydrogen) atoms. The van der Waals surface area contributed by atoms with Crippen LogP contribution in [-0.2, 0) is 4.79 Å². The predicted octanol–water partition coefficient (Wildman–Crippen LogP) is 4.47. The van der Waals surface area contributed by atoms with Crippen LogP contribution in [-0.4, -0.2) is 35.7 Å². The zero-order chi connectivity index (χ0) is 19.5. The summed E-state index contributed by atoms with van der Waals surface area (Å²) in [6, 6.07) is 13.3. The molecule has 0 saturated carbocycles. The van der Waals surface area contributed by atoms with Crippen LogP contribution in [0.15, 0.2) is 52.7 Å². The maximum atomic E-state index is 12.0. The molecule has 3 aromatic rings. The lowest BCUT2D eigenvalue weighted by molar-refractivity contribution is -0.120. The third-order valence-corrected chi connectivity index (χ3v) is 4.82. The number of benzene rings is 2. The number of hydrogen-bond donors (Lipinski definition) is 2. The topological polar surface area (TPSA) is 90.3 Å². The van der Waals surface area contributed by atoms with Gasteiger partial charge in [-0.25, -0.2) is 0 Å². The van der Waals surface area contributed by atoms with Crippen molar-refractivity contribution in [3.05, 3.63) is 48.0 Å². The summed E-state index contributed by atoms with van der Waals surface area (Å²) in [6.45, 7) is 3.82. The number of carbonyl (C=O) groups excluding carboxylic acids is 1. The number of H-pyrrole nitrogens is 1. The average molecular weight is 378 g/mol. The van der Waals surface area contributed by atoms with Gasteiger partial charge in [0.25, 0.3) is 0 Å². The molecule has 2 aromatic carbocycles. The first kappa shape index (κ1) is 18.0. The van der Waals surface area contributed by atoms with Crippen molar-refractivity contribution in [2.24, 2.45) is 10.2 Å². The molecule has 2 N–H and O–H groups in total. The second-order valence-corrected chi connectivity index (χ2v) is 6.95. The van der Waals surface area contributed by atoms with Crippen LogP contribution < -0.4 is 9.64 Å². The van der Waals surface area contributed by atoms with E-state index in [1.165, 1.54) is 12.8 Å². The highest BCUT2D eigenvalue weighted by Crippen LogP contribution is 2.37. The Hall–Kier alpha value is -3.35. The van der Waals surface area contributed by atoms with Crippen molar-refractivity contribution >= 4 is 28.2 Å². The number of hydrogen-bond acceptors (Lipinski definition) is 5. The summed E-state index contributed by atoms with van der Waals surface area (Å²) in [4.78, 5) is 17.2. The van der Waals surface area contributed by atoms with Gasteiger partial charge in [0.2, 0.25) is 5.88 Å². The smallest absolute Gasteiger partial charge is 0.302 e. The number of aryl methyl sites for hydroxylation is 1. The summed E-state index contributed by atoms with van der Waals surface area (Å²) >= 11 is 0. The zero-order valence-corrected chi connectivity index (χ0v) is 15.7. The number of anilines is 1. The minimum absolute atomic E-state index is 0.107. The summed E-state index contributed by atoms with van der Waals surface area (Å²) < 4.78 is 5.43. The molecule has 0 atom stereocenters. The molecule has 1 aromatic heterocycles. The van der Waals surface area contributed by atoms with Crippen LogP contribution in [0.3, 0.4) is 0 Å². The molecule has 2 heterocycles. The van der Waals surface area contributed by atoms with Crippen LogP contribution in [0.25, 0.3) is 10.9 Å². The highest BCUT2D eigenvalue weighted by Gasteiger charge is 2.16. The van der Waals surface area contributed by atoms with E-state index in [2.05, 4.69) is 20.1 Å². The summed E-state index contributed by atoms with van der Waals surface area (Å²) in [5.41, 5.74) is 3.17. The van der Waals surface area contributed by atoms with Gasteiger partial charge in [-0.15, -0.1) is 10.2 Å². The number of amides is 1. The summed E-state index contributed by atoms with van der Waals surface area (Å²) in [6.07, 6.45) is 2.39. The number of aromatic amines is 1. The summed E-state index contributed by atoms with van der Waals surface area (Å²) in [5, 5.41) is 18.5. The van der Waals surface area contributed by atoms with Crippen molar-refractivity contribution in [2.75, 3.05) is 24.6 Å². The van der Waals surface area contributed by atoms with Crippen molar-refractivity contribution in [1.82, 2.24) is 4.98 Å². The number of ether oxygens (including phenoxy) is 1. The SMILES string of the molecule is Cc1cccc(OCC(=O)N=Nc2c(O)[nH]c3cc(N4CCCC4)ccc23)c1. The van der Waals surface area contributed by atoms with Crippen molar-refractivity contribution in [3.8, 4) is 11.6 Å². The summed E-state index contributed by atoms with van der Waals surface area (Å²) in [7, 11) is 0. The minimum atomic E-state index is -0.524. The van der Waals surface area contributed by atoms with Gasteiger partial charge < -0.3 is 19.7 Å². The van der Waals surface area contributed by atoms with Crippen LogP contribution in [0.4, 0.5) is 11.4 Å². The second-order valence-electron chi connectivity index (χ2n) is 6.95. The molecule has 7 nitrogen and oxygen atoms in total. The Balaban J connectivity index is 1.47. The zero-order valence-electron chi connectivity index (χ0n) is 15.7. The molecule has 1 fully saturated rings. The number of carbonyl (C=O) groups is 1. The first-order valence-corrected chi connectivity index (χ1v) is 9.34. The molecular weight excluding hydrogens is 356 g/mol. The number of rotatable bonds is 5. The summed E-state index contributed by atoms with van der Waals surface area (Å²) in [5.74, 6) is -0.0263. The van der Waals surface area contributed by atoms with Gasteiger partial charge in [0, 0.05) is 24.2 Å². The fraction of sp³-hybridized carbons (Fsp3) is 0.286. The molecule has 0 bridgehead atoms. The van der Waals surface area contributed by atoms with E-state index >= 15 is 0 Å². The lowest BCUT2D eigenvalue weighted by Crippen LogP contribution is -2.17. The van der Waals surface area contributed by atoms with E-state index in [4.69, 9.17) is 4.74 Å². The van der Waals surface area contributed by atoms with E-state index in [1.807, 2.05) is 43.3 Å². The van der Waals surface area contributed by atoms with E-state index in [1.54, 1.807) is 6.07 Å². The molecule has 7 heteroatoms. The van der Waals surface area contributed by atoms with Gasteiger partial charge in [-0.2, -0.15) is 0 Å². The van der Waals surface area contributed by atoms with Gasteiger partial charge in [-0.1, -0.05) is 12.1 Å². The molecule has 0 unspecified atom stereocenters. The number of aromatic nitrogens is 1. The van der Waals surface area contributed by atoms with Crippen molar-refractivity contribution < 1.29 is 14.6 Å². The largest absolute Gasteiger partial charge is 0.493 e. The fourth-order valence-electron chi connectivity index (χ4n) is 3.41. The maximum absolute atomic E-state index is 12.0. The number of fused-ring (bicyclic) bond motifs is 1. The Morgan fingerprint density at radius 2 is 2.04 bits per heavy atom. The Morgan fingerprint density at radius 1 is 1.21 bits per heavy atom. The van der Waals surface area contributed by atoms with Crippen LogP contribution in [0, 0.1) is 6.92 Å². The molecule has 0 radical (unpaired) electrons. The van der Waals surface area contributed by atoms with Crippen molar-refractivity contribution in [2.45, 2.75) is 19.8 Å². The first-order valence-electron chi connectivity index (χ1n) is 9.34.